The van der Waals surface area contributed by atoms with Crippen LogP contribution in [0.1, 0.15) is 18.5 Å². The average Bonchev–Trinajstić information content (AvgIpc) is 3.18. The van der Waals surface area contributed by atoms with Crippen molar-refractivity contribution < 1.29 is 0 Å². The molecule has 0 radical (unpaired) electrons. The molecule has 24 heavy (non-hydrogen) atoms. The largest absolute Gasteiger partial charge is 0.356 e. The first-order valence-corrected chi connectivity index (χ1v) is 8.20. The van der Waals surface area contributed by atoms with E-state index in [-0.39, 0.29) is 0 Å². The Balaban J connectivity index is 1.46. The lowest BCUT2D eigenvalue weighted by Gasteiger charge is -2.33. The first kappa shape index (κ1) is 14.7. The summed E-state index contributed by atoms with van der Waals surface area (Å²) < 4.78 is 0. The number of piperidine rings is 1. The van der Waals surface area contributed by atoms with E-state index < -0.39 is 0 Å². The molecule has 0 saturated carbocycles. The lowest BCUT2D eigenvalue weighted by Crippen LogP contribution is -2.36. The lowest BCUT2D eigenvalue weighted by molar-refractivity contribution is 0.408. The summed E-state index contributed by atoms with van der Waals surface area (Å²) in [7, 11) is 0. The Morgan fingerprint density at radius 2 is 2.17 bits per heavy atom. The Bertz CT molecular complexity index is 773. The van der Waals surface area contributed by atoms with Crippen molar-refractivity contribution in [1.82, 2.24) is 29.9 Å². The van der Waals surface area contributed by atoms with Gasteiger partial charge >= 0.3 is 0 Å². The minimum atomic E-state index is 0.551. The first-order chi connectivity index (χ1) is 11.9. The minimum Gasteiger partial charge on any atom is -0.356 e. The third-order valence-electron chi connectivity index (χ3n) is 4.33. The van der Waals surface area contributed by atoms with Crippen molar-refractivity contribution in [2.24, 2.45) is 5.92 Å². The molecule has 7 heteroatoms. The molecule has 0 bridgehead atoms. The molecule has 1 N–H and O–H groups in total. The summed E-state index contributed by atoms with van der Waals surface area (Å²) in [4.78, 5) is 27.1. The van der Waals surface area contributed by atoms with E-state index in [1.807, 2.05) is 12.3 Å². The number of H-pyrrole nitrogens is 1. The van der Waals surface area contributed by atoms with Gasteiger partial charge in [0.25, 0.3) is 0 Å². The summed E-state index contributed by atoms with van der Waals surface area (Å²) in [5.41, 5.74) is 1.81. The maximum Gasteiger partial charge on any atom is 0.157 e. The van der Waals surface area contributed by atoms with E-state index in [1.165, 1.54) is 12.8 Å². The van der Waals surface area contributed by atoms with Gasteiger partial charge in [-0.1, -0.05) is 0 Å². The Kier molecular flexibility index (Phi) is 4.14. The number of rotatable bonds is 4. The zero-order valence-corrected chi connectivity index (χ0v) is 13.3. The number of anilines is 1. The molecular formula is C17H19N7. The molecule has 1 aliphatic rings. The van der Waals surface area contributed by atoms with Crippen LogP contribution in [0.4, 0.5) is 5.82 Å². The molecular weight excluding hydrogens is 302 g/mol. The molecule has 1 atom stereocenters. The summed E-state index contributed by atoms with van der Waals surface area (Å²) in [5.74, 6) is 2.32. The van der Waals surface area contributed by atoms with Gasteiger partial charge in [-0.2, -0.15) is 0 Å². The molecule has 3 aromatic heterocycles. The van der Waals surface area contributed by atoms with E-state index in [9.17, 15) is 0 Å². The van der Waals surface area contributed by atoms with E-state index in [0.29, 0.717) is 5.92 Å². The maximum absolute atomic E-state index is 4.71. The Morgan fingerprint density at radius 3 is 3.00 bits per heavy atom. The zero-order valence-electron chi connectivity index (χ0n) is 13.3. The highest BCUT2D eigenvalue weighted by Crippen LogP contribution is 2.24. The molecule has 3 aromatic rings. The monoisotopic (exact) mass is 321 g/mol. The Morgan fingerprint density at radius 1 is 1.17 bits per heavy atom. The second-order valence-electron chi connectivity index (χ2n) is 6.06. The van der Waals surface area contributed by atoms with Gasteiger partial charge < -0.3 is 9.88 Å². The van der Waals surface area contributed by atoms with Crippen molar-refractivity contribution in [3.8, 4) is 11.5 Å². The van der Waals surface area contributed by atoms with Crippen LogP contribution in [0, 0.1) is 5.92 Å². The van der Waals surface area contributed by atoms with Crippen LogP contribution in [0.25, 0.3) is 11.5 Å². The SMILES string of the molecule is c1cc(N2CCC[C@@H](Cc3cncc(-c4ncc[nH]4)n3)C2)ncn1. The molecule has 0 amide bonds. The Hall–Kier alpha value is -2.83. The number of nitrogens with zero attached hydrogens (tertiary/aromatic N) is 6. The molecule has 4 heterocycles. The first-order valence-electron chi connectivity index (χ1n) is 8.20. The van der Waals surface area contributed by atoms with Gasteiger partial charge in [0.15, 0.2) is 5.82 Å². The summed E-state index contributed by atoms with van der Waals surface area (Å²) in [5, 5.41) is 0. The van der Waals surface area contributed by atoms with Crippen LogP contribution in [-0.4, -0.2) is 43.0 Å². The van der Waals surface area contributed by atoms with Crippen LogP contribution in [0.2, 0.25) is 0 Å². The van der Waals surface area contributed by atoms with Crippen molar-refractivity contribution in [2.45, 2.75) is 19.3 Å². The van der Waals surface area contributed by atoms with E-state index in [0.717, 1.165) is 42.5 Å². The highest BCUT2D eigenvalue weighted by Gasteiger charge is 2.22. The molecule has 1 aliphatic heterocycles. The molecule has 1 saturated heterocycles. The van der Waals surface area contributed by atoms with Crippen LogP contribution in [0.15, 0.2) is 43.4 Å². The van der Waals surface area contributed by atoms with Gasteiger partial charge in [0.05, 0.1) is 11.9 Å². The molecule has 0 unspecified atom stereocenters. The quantitative estimate of drug-likeness (QED) is 0.792. The van der Waals surface area contributed by atoms with Crippen molar-refractivity contribution in [3.63, 3.8) is 0 Å². The van der Waals surface area contributed by atoms with Gasteiger partial charge in [-0.25, -0.2) is 19.9 Å². The van der Waals surface area contributed by atoms with Gasteiger partial charge in [0.2, 0.25) is 0 Å². The fourth-order valence-corrected chi connectivity index (χ4v) is 3.23. The second kappa shape index (κ2) is 6.74. The van der Waals surface area contributed by atoms with Gasteiger partial charge in [-0.15, -0.1) is 0 Å². The van der Waals surface area contributed by atoms with Crippen LogP contribution in [-0.2, 0) is 6.42 Å². The number of hydrogen-bond acceptors (Lipinski definition) is 6. The van der Waals surface area contributed by atoms with Gasteiger partial charge in [0.1, 0.15) is 17.8 Å². The molecule has 4 rings (SSSR count). The van der Waals surface area contributed by atoms with Crippen molar-refractivity contribution >= 4 is 5.82 Å². The topological polar surface area (TPSA) is 83.5 Å². The number of hydrogen-bond donors (Lipinski definition) is 1. The fourth-order valence-electron chi connectivity index (χ4n) is 3.23. The predicted molar refractivity (Wildman–Crippen MR) is 90.3 cm³/mol. The maximum atomic E-state index is 4.71. The molecule has 1 fully saturated rings. The third kappa shape index (κ3) is 3.24. The van der Waals surface area contributed by atoms with Crippen LogP contribution in [0.3, 0.4) is 0 Å². The summed E-state index contributed by atoms with van der Waals surface area (Å²) in [6.07, 6.45) is 13.8. The summed E-state index contributed by atoms with van der Waals surface area (Å²) in [6, 6.07) is 1.97. The predicted octanol–water partition coefficient (Wildman–Crippen LogP) is 2.12. The van der Waals surface area contributed by atoms with E-state index >= 15 is 0 Å². The zero-order chi connectivity index (χ0) is 16.2. The molecule has 7 nitrogen and oxygen atoms in total. The standard InChI is InChI=1S/C17H19N7/c1-2-13(11-24(7-1)16-3-4-18-12-22-16)8-14-9-19-10-15(23-14)17-20-5-6-21-17/h3-6,9-10,12-13H,1-2,7-8,11H2,(H,20,21)/t13-/m0/s1. The van der Waals surface area contributed by atoms with Gasteiger partial charge in [0, 0.05) is 37.9 Å². The van der Waals surface area contributed by atoms with Crippen LogP contribution in [0.5, 0.6) is 0 Å². The van der Waals surface area contributed by atoms with E-state index in [1.54, 1.807) is 31.1 Å². The van der Waals surface area contributed by atoms with Crippen LogP contribution >= 0.6 is 0 Å². The number of nitrogens with one attached hydrogen (secondary N) is 1. The number of imidazole rings is 1. The summed E-state index contributed by atoms with van der Waals surface area (Å²) in [6.45, 7) is 2.04. The van der Waals surface area contributed by atoms with Crippen molar-refractivity contribution in [2.75, 3.05) is 18.0 Å². The minimum absolute atomic E-state index is 0.551. The van der Waals surface area contributed by atoms with Gasteiger partial charge in [-0.3, -0.25) is 4.98 Å². The van der Waals surface area contributed by atoms with Gasteiger partial charge in [-0.05, 0) is 31.2 Å². The fraction of sp³-hybridized carbons (Fsp3) is 0.353. The Labute approximate surface area is 140 Å². The number of aromatic amines is 1. The van der Waals surface area contributed by atoms with Crippen LogP contribution < -0.4 is 4.90 Å². The van der Waals surface area contributed by atoms with E-state index in [2.05, 4.69) is 29.8 Å². The summed E-state index contributed by atoms with van der Waals surface area (Å²) >= 11 is 0. The lowest BCUT2D eigenvalue weighted by atomic mass is 9.93. The highest BCUT2D eigenvalue weighted by molar-refractivity contribution is 5.46. The highest BCUT2D eigenvalue weighted by atomic mass is 15.2. The molecule has 122 valence electrons. The number of aromatic nitrogens is 6. The third-order valence-corrected chi connectivity index (χ3v) is 4.33. The average molecular weight is 321 g/mol. The van der Waals surface area contributed by atoms with Crippen molar-refractivity contribution in [1.29, 1.82) is 0 Å². The normalized spacial score (nSPS) is 17.8. The molecule has 0 aliphatic carbocycles. The molecule has 0 spiro atoms. The smallest absolute Gasteiger partial charge is 0.157 e. The van der Waals surface area contributed by atoms with E-state index in [4.69, 9.17) is 4.98 Å². The van der Waals surface area contributed by atoms with Crippen molar-refractivity contribution in [3.05, 3.63) is 49.1 Å². The second-order valence-corrected chi connectivity index (χ2v) is 6.06. The molecule has 0 aromatic carbocycles.